The van der Waals surface area contributed by atoms with Crippen LogP contribution in [0.4, 0.5) is 0 Å². The summed E-state index contributed by atoms with van der Waals surface area (Å²) in [6.07, 6.45) is 0. The average Bonchev–Trinajstić information content (AvgIpc) is 3.00. The van der Waals surface area contributed by atoms with Gasteiger partial charge in [0.2, 0.25) is 0 Å². The van der Waals surface area contributed by atoms with Crippen LogP contribution < -0.4 is 0 Å². The van der Waals surface area contributed by atoms with Gasteiger partial charge in [-0.3, -0.25) is 0 Å². The number of rotatable bonds is 1. The van der Waals surface area contributed by atoms with Crippen LogP contribution in [0.2, 0.25) is 0 Å². The lowest BCUT2D eigenvalue weighted by molar-refractivity contribution is 0.666. The van der Waals surface area contributed by atoms with Gasteiger partial charge in [0.25, 0.3) is 0 Å². The highest BCUT2D eigenvalue weighted by Gasteiger charge is 2.36. The zero-order valence-electron chi connectivity index (χ0n) is 16.7. The van der Waals surface area contributed by atoms with Crippen molar-refractivity contribution in [1.29, 1.82) is 0 Å². The molecule has 0 N–H and O–H groups in total. The first-order valence-electron chi connectivity index (χ1n) is 10.3. The van der Waals surface area contributed by atoms with Crippen LogP contribution in [-0.4, -0.2) is 0 Å². The van der Waals surface area contributed by atoms with E-state index in [1.807, 2.05) is 0 Å². The van der Waals surface area contributed by atoms with E-state index in [4.69, 9.17) is 0 Å². The SMILES string of the molecule is CC1(C)c2cc(-c3ccc4ccccc4c3)ccc2-c2ccc3ccccc3c21. The van der Waals surface area contributed by atoms with E-state index in [2.05, 4.69) is 111 Å². The quantitative estimate of drug-likeness (QED) is 0.281. The Morgan fingerprint density at radius 3 is 2.00 bits per heavy atom. The second-order valence-electron chi connectivity index (χ2n) is 8.66. The van der Waals surface area contributed by atoms with Gasteiger partial charge in [-0.2, -0.15) is 0 Å². The average molecular weight is 370 g/mol. The van der Waals surface area contributed by atoms with Crippen LogP contribution >= 0.6 is 0 Å². The van der Waals surface area contributed by atoms with Crippen LogP contribution in [0.3, 0.4) is 0 Å². The predicted molar refractivity (Wildman–Crippen MR) is 124 cm³/mol. The van der Waals surface area contributed by atoms with Gasteiger partial charge in [-0.05, 0) is 67.1 Å². The summed E-state index contributed by atoms with van der Waals surface area (Å²) in [7, 11) is 0. The van der Waals surface area contributed by atoms with Crippen LogP contribution in [0.25, 0.3) is 43.8 Å². The lowest BCUT2D eigenvalue weighted by Crippen LogP contribution is -2.15. The Morgan fingerprint density at radius 1 is 0.517 bits per heavy atom. The van der Waals surface area contributed by atoms with Gasteiger partial charge in [0.15, 0.2) is 0 Å². The van der Waals surface area contributed by atoms with E-state index in [-0.39, 0.29) is 5.41 Å². The fourth-order valence-electron chi connectivity index (χ4n) is 5.15. The molecule has 1 aliphatic rings. The zero-order chi connectivity index (χ0) is 19.6. The molecule has 1 aliphatic carbocycles. The first kappa shape index (κ1) is 16.6. The molecule has 0 aliphatic heterocycles. The summed E-state index contributed by atoms with van der Waals surface area (Å²) in [6.45, 7) is 4.74. The summed E-state index contributed by atoms with van der Waals surface area (Å²) < 4.78 is 0. The van der Waals surface area contributed by atoms with Crippen LogP contribution in [0.15, 0.2) is 97.1 Å². The summed E-state index contributed by atoms with van der Waals surface area (Å²) in [5.41, 5.74) is 8.20. The van der Waals surface area contributed by atoms with Crippen molar-refractivity contribution in [2.24, 2.45) is 0 Å². The third-order valence-electron chi connectivity index (χ3n) is 6.62. The van der Waals surface area contributed by atoms with E-state index < -0.39 is 0 Å². The van der Waals surface area contributed by atoms with Gasteiger partial charge in [-0.1, -0.05) is 98.8 Å². The van der Waals surface area contributed by atoms with Crippen molar-refractivity contribution >= 4 is 21.5 Å². The van der Waals surface area contributed by atoms with E-state index in [1.165, 1.54) is 54.9 Å². The molecule has 0 saturated heterocycles. The van der Waals surface area contributed by atoms with Crippen molar-refractivity contribution in [3.8, 4) is 22.3 Å². The third-order valence-corrected chi connectivity index (χ3v) is 6.62. The van der Waals surface area contributed by atoms with Crippen molar-refractivity contribution in [1.82, 2.24) is 0 Å². The zero-order valence-corrected chi connectivity index (χ0v) is 16.7. The molecule has 5 aromatic carbocycles. The number of fused-ring (bicyclic) bond motifs is 6. The van der Waals surface area contributed by atoms with Crippen molar-refractivity contribution in [3.05, 3.63) is 108 Å². The van der Waals surface area contributed by atoms with Crippen molar-refractivity contribution < 1.29 is 0 Å². The summed E-state index contributed by atoms with van der Waals surface area (Å²) >= 11 is 0. The van der Waals surface area contributed by atoms with Gasteiger partial charge in [0, 0.05) is 5.41 Å². The number of benzene rings is 5. The van der Waals surface area contributed by atoms with E-state index in [0.717, 1.165) is 0 Å². The Kier molecular flexibility index (Phi) is 3.32. The smallest absolute Gasteiger partial charge is 0.0165 e. The normalized spacial score (nSPS) is 14.1. The van der Waals surface area contributed by atoms with Gasteiger partial charge in [0.05, 0.1) is 0 Å². The molecule has 0 spiro atoms. The maximum atomic E-state index is 2.41. The largest absolute Gasteiger partial charge is 0.0616 e. The minimum absolute atomic E-state index is 0.0155. The van der Waals surface area contributed by atoms with Gasteiger partial charge in [-0.15, -0.1) is 0 Å². The van der Waals surface area contributed by atoms with E-state index >= 15 is 0 Å². The Bertz CT molecular complexity index is 1420. The number of hydrogen-bond acceptors (Lipinski definition) is 0. The molecule has 6 rings (SSSR count). The molecule has 0 heterocycles. The Hall–Kier alpha value is -3.38. The molecule has 0 heteroatoms. The molecule has 0 amide bonds. The Morgan fingerprint density at radius 2 is 1.14 bits per heavy atom. The molecule has 0 radical (unpaired) electrons. The highest BCUT2D eigenvalue weighted by molar-refractivity contribution is 5.98. The van der Waals surface area contributed by atoms with Crippen LogP contribution in [0.1, 0.15) is 25.0 Å². The molecule has 0 saturated carbocycles. The fraction of sp³-hybridized carbons (Fsp3) is 0.103. The minimum Gasteiger partial charge on any atom is -0.0616 e. The molecular weight excluding hydrogens is 348 g/mol. The second-order valence-corrected chi connectivity index (χ2v) is 8.66. The standard InChI is InChI=1S/C29H22/c1-29(2)27-18-23(22-12-11-19-7-3-4-9-21(19)17-22)14-15-25(27)26-16-13-20-8-5-6-10-24(20)28(26)29/h3-18H,1-2H3. The Labute approximate surface area is 171 Å². The van der Waals surface area contributed by atoms with Crippen molar-refractivity contribution in [2.45, 2.75) is 19.3 Å². The molecule has 0 bridgehead atoms. The molecule has 29 heavy (non-hydrogen) atoms. The second kappa shape index (κ2) is 5.81. The minimum atomic E-state index is -0.0155. The molecule has 0 atom stereocenters. The van der Waals surface area contributed by atoms with E-state index in [1.54, 1.807) is 0 Å². The van der Waals surface area contributed by atoms with Crippen molar-refractivity contribution in [2.75, 3.05) is 0 Å². The van der Waals surface area contributed by atoms with E-state index in [0.29, 0.717) is 0 Å². The molecular formula is C29H22. The van der Waals surface area contributed by atoms with Crippen LogP contribution in [0, 0.1) is 0 Å². The first-order valence-corrected chi connectivity index (χ1v) is 10.3. The molecule has 138 valence electrons. The third kappa shape index (κ3) is 2.32. The monoisotopic (exact) mass is 370 g/mol. The van der Waals surface area contributed by atoms with Gasteiger partial charge >= 0.3 is 0 Å². The molecule has 0 aromatic heterocycles. The molecule has 0 nitrogen and oxygen atoms in total. The molecule has 0 unspecified atom stereocenters. The highest BCUT2D eigenvalue weighted by Crippen LogP contribution is 2.52. The van der Waals surface area contributed by atoms with E-state index in [9.17, 15) is 0 Å². The van der Waals surface area contributed by atoms with Crippen LogP contribution in [-0.2, 0) is 5.41 Å². The summed E-state index contributed by atoms with van der Waals surface area (Å²) in [4.78, 5) is 0. The Balaban J connectivity index is 1.56. The lowest BCUT2D eigenvalue weighted by Gasteiger charge is -2.23. The molecule has 0 fully saturated rings. The fourth-order valence-corrected chi connectivity index (χ4v) is 5.15. The summed E-state index contributed by atoms with van der Waals surface area (Å²) in [5, 5.41) is 5.27. The van der Waals surface area contributed by atoms with Gasteiger partial charge in [0.1, 0.15) is 0 Å². The summed E-state index contributed by atoms with van der Waals surface area (Å²) in [5.74, 6) is 0. The number of hydrogen-bond donors (Lipinski definition) is 0. The first-order chi connectivity index (χ1) is 14.1. The maximum Gasteiger partial charge on any atom is 0.0165 e. The maximum absolute atomic E-state index is 2.41. The predicted octanol–water partition coefficient (Wildman–Crippen LogP) is 7.97. The summed E-state index contributed by atoms with van der Waals surface area (Å²) in [6, 6.07) is 35.7. The van der Waals surface area contributed by atoms with Gasteiger partial charge < -0.3 is 0 Å². The van der Waals surface area contributed by atoms with Crippen molar-refractivity contribution in [3.63, 3.8) is 0 Å². The molecule has 5 aromatic rings. The van der Waals surface area contributed by atoms with Crippen LogP contribution in [0.5, 0.6) is 0 Å². The topological polar surface area (TPSA) is 0 Å². The lowest BCUT2D eigenvalue weighted by atomic mass is 9.79. The highest BCUT2D eigenvalue weighted by atomic mass is 14.4. The van der Waals surface area contributed by atoms with Gasteiger partial charge in [-0.25, -0.2) is 0 Å².